The molecule has 0 radical (unpaired) electrons. The number of Topliss-reactive ketones (excluding diaryl/α,β-unsaturated/α-hetero) is 1. The van der Waals surface area contributed by atoms with Gasteiger partial charge in [-0.15, -0.1) is 6.58 Å². The first-order valence-corrected chi connectivity index (χ1v) is 9.45. The van der Waals surface area contributed by atoms with E-state index < -0.39 is 5.41 Å². The van der Waals surface area contributed by atoms with Gasteiger partial charge in [0, 0.05) is 12.3 Å². The second-order valence-electron chi connectivity index (χ2n) is 9.31. The Bertz CT molecular complexity index is 567. The third-order valence-corrected chi connectivity index (χ3v) is 7.99. The highest BCUT2D eigenvalue weighted by molar-refractivity contribution is 5.85. The van der Waals surface area contributed by atoms with E-state index in [-0.39, 0.29) is 28.6 Å². The van der Waals surface area contributed by atoms with Gasteiger partial charge in [0.1, 0.15) is 5.78 Å². The molecule has 3 rings (SSSR count). The molecule has 3 aliphatic carbocycles. The molecule has 0 amide bonds. The Morgan fingerprint density at radius 2 is 1.96 bits per heavy atom. The van der Waals surface area contributed by atoms with Gasteiger partial charge in [0.2, 0.25) is 0 Å². The van der Waals surface area contributed by atoms with Gasteiger partial charge in [-0.25, -0.2) is 0 Å². The molecule has 3 aliphatic rings. The van der Waals surface area contributed by atoms with Crippen molar-refractivity contribution in [2.75, 3.05) is 7.11 Å². The van der Waals surface area contributed by atoms with Gasteiger partial charge in [0.15, 0.2) is 0 Å². The van der Waals surface area contributed by atoms with E-state index in [2.05, 4.69) is 20.4 Å². The molecule has 3 fully saturated rings. The second kappa shape index (κ2) is 5.71. The highest BCUT2D eigenvalue weighted by atomic mass is 16.5. The number of ketones is 1. The van der Waals surface area contributed by atoms with Gasteiger partial charge in [-0.05, 0) is 61.7 Å². The third kappa shape index (κ3) is 2.38. The number of esters is 1. The average Bonchev–Trinajstić information content (AvgIpc) is 2.56. The summed E-state index contributed by atoms with van der Waals surface area (Å²) in [7, 11) is 1.48. The van der Waals surface area contributed by atoms with Crippen LogP contribution in [0.1, 0.15) is 65.7 Å². The Hall–Kier alpha value is -1.12. The van der Waals surface area contributed by atoms with Crippen LogP contribution in [0.25, 0.3) is 0 Å². The normalized spacial score (nSPS) is 48.2. The van der Waals surface area contributed by atoms with E-state index >= 15 is 0 Å². The minimum atomic E-state index is -0.512. The molecule has 3 nitrogen and oxygen atoms in total. The lowest BCUT2D eigenvalue weighted by Gasteiger charge is -2.60. The maximum atomic E-state index is 13.0. The summed E-state index contributed by atoms with van der Waals surface area (Å²) in [6.45, 7) is 10.6. The van der Waals surface area contributed by atoms with Crippen molar-refractivity contribution in [3.63, 3.8) is 0 Å². The predicted octanol–water partition coefficient (Wildman–Crippen LogP) is 4.55. The van der Waals surface area contributed by atoms with E-state index in [4.69, 9.17) is 4.74 Å². The molecule has 0 saturated heterocycles. The number of hydrogen-bond acceptors (Lipinski definition) is 3. The molecular formula is C21H32O3. The van der Waals surface area contributed by atoms with Crippen LogP contribution in [0.4, 0.5) is 0 Å². The summed E-state index contributed by atoms with van der Waals surface area (Å²) >= 11 is 0. The van der Waals surface area contributed by atoms with Gasteiger partial charge in [0.25, 0.3) is 0 Å². The standard InChI is InChI=1S/C21H32O3/c1-6-19(2)11-8-15-14(13-19)16(22)12-17-20(15,3)9-7-10-21(17,4)18(23)24-5/h6,14-15,17H,1,7-13H2,2-5H3/t14-,15-,17+,19-,20+,21+/m0/s1. The fourth-order valence-corrected chi connectivity index (χ4v) is 6.39. The van der Waals surface area contributed by atoms with Crippen molar-refractivity contribution < 1.29 is 14.3 Å². The lowest BCUT2D eigenvalue weighted by Crippen LogP contribution is -2.59. The van der Waals surface area contributed by atoms with Gasteiger partial charge < -0.3 is 4.74 Å². The van der Waals surface area contributed by atoms with Crippen LogP contribution in [0.15, 0.2) is 12.7 Å². The third-order valence-electron chi connectivity index (χ3n) is 7.99. The molecule has 0 bridgehead atoms. The first-order chi connectivity index (χ1) is 11.2. The SMILES string of the molecule is C=C[C@@]1(C)CC[C@H]2[C@H](C1)C(=O)C[C@@H]1[C@]2(C)CCC[C@@]1(C)C(=O)OC. The fourth-order valence-electron chi connectivity index (χ4n) is 6.39. The number of methoxy groups -OCH3 is 1. The summed E-state index contributed by atoms with van der Waals surface area (Å²) in [4.78, 5) is 25.6. The summed E-state index contributed by atoms with van der Waals surface area (Å²) in [5, 5.41) is 0. The number of ether oxygens (including phenoxy) is 1. The minimum absolute atomic E-state index is 0.0717. The molecule has 0 aromatic heterocycles. The lowest BCUT2D eigenvalue weighted by molar-refractivity contribution is -0.179. The summed E-state index contributed by atoms with van der Waals surface area (Å²) in [6, 6.07) is 0. The number of allylic oxidation sites excluding steroid dienone is 1. The van der Waals surface area contributed by atoms with Crippen LogP contribution in [-0.2, 0) is 14.3 Å². The van der Waals surface area contributed by atoms with Gasteiger partial charge in [-0.2, -0.15) is 0 Å². The number of hydrogen-bond donors (Lipinski definition) is 0. The van der Waals surface area contributed by atoms with E-state index in [1.807, 2.05) is 13.0 Å². The first kappa shape index (κ1) is 17.7. The monoisotopic (exact) mass is 332 g/mol. The molecule has 6 atom stereocenters. The average molecular weight is 332 g/mol. The minimum Gasteiger partial charge on any atom is -0.469 e. The van der Waals surface area contributed by atoms with Gasteiger partial charge in [0.05, 0.1) is 12.5 Å². The molecule has 0 N–H and O–H groups in total. The van der Waals surface area contributed by atoms with Crippen molar-refractivity contribution in [1.82, 2.24) is 0 Å². The van der Waals surface area contributed by atoms with Crippen LogP contribution in [0.2, 0.25) is 0 Å². The molecular weight excluding hydrogens is 300 g/mol. The van der Waals surface area contributed by atoms with Gasteiger partial charge in [-0.1, -0.05) is 26.3 Å². The lowest BCUT2D eigenvalue weighted by atomic mass is 9.42. The van der Waals surface area contributed by atoms with Crippen LogP contribution in [0.5, 0.6) is 0 Å². The molecule has 0 heterocycles. The Labute approximate surface area is 146 Å². The maximum absolute atomic E-state index is 13.0. The van der Waals surface area contributed by atoms with Crippen molar-refractivity contribution in [2.24, 2.45) is 34.0 Å². The van der Waals surface area contributed by atoms with E-state index in [9.17, 15) is 9.59 Å². The molecule has 0 aromatic rings. The molecule has 0 spiro atoms. The summed E-state index contributed by atoms with van der Waals surface area (Å²) in [6.07, 6.45) is 8.71. The van der Waals surface area contributed by atoms with Crippen molar-refractivity contribution in [2.45, 2.75) is 65.7 Å². The second-order valence-corrected chi connectivity index (χ2v) is 9.31. The molecule has 3 heteroatoms. The molecule has 134 valence electrons. The van der Waals surface area contributed by atoms with Crippen LogP contribution < -0.4 is 0 Å². The topological polar surface area (TPSA) is 43.4 Å². The van der Waals surface area contributed by atoms with Crippen LogP contribution in [-0.4, -0.2) is 18.9 Å². The summed E-state index contributed by atoms with van der Waals surface area (Å²) < 4.78 is 5.14. The van der Waals surface area contributed by atoms with Crippen molar-refractivity contribution >= 4 is 11.8 Å². The quantitative estimate of drug-likeness (QED) is 0.550. The molecule has 3 saturated carbocycles. The van der Waals surface area contributed by atoms with Crippen LogP contribution >= 0.6 is 0 Å². The van der Waals surface area contributed by atoms with Crippen LogP contribution in [0.3, 0.4) is 0 Å². The molecule has 24 heavy (non-hydrogen) atoms. The van der Waals surface area contributed by atoms with Crippen LogP contribution in [0, 0.1) is 34.0 Å². The largest absolute Gasteiger partial charge is 0.469 e. The van der Waals surface area contributed by atoms with E-state index in [1.165, 1.54) is 7.11 Å². The Morgan fingerprint density at radius 3 is 2.58 bits per heavy atom. The number of carbonyl (C=O) groups is 2. The number of fused-ring (bicyclic) bond motifs is 3. The van der Waals surface area contributed by atoms with Crippen molar-refractivity contribution in [1.29, 1.82) is 0 Å². The zero-order valence-corrected chi connectivity index (χ0v) is 15.7. The van der Waals surface area contributed by atoms with E-state index in [0.29, 0.717) is 18.1 Å². The molecule has 0 aliphatic heterocycles. The number of rotatable bonds is 2. The van der Waals surface area contributed by atoms with E-state index in [1.54, 1.807) is 0 Å². The maximum Gasteiger partial charge on any atom is 0.311 e. The zero-order valence-electron chi connectivity index (χ0n) is 15.7. The predicted molar refractivity (Wildman–Crippen MR) is 94.3 cm³/mol. The Morgan fingerprint density at radius 1 is 1.25 bits per heavy atom. The first-order valence-electron chi connectivity index (χ1n) is 9.45. The highest BCUT2D eigenvalue weighted by Crippen LogP contribution is 2.64. The van der Waals surface area contributed by atoms with Gasteiger partial charge in [-0.3, -0.25) is 9.59 Å². The molecule has 0 aromatic carbocycles. The van der Waals surface area contributed by atoms with E-state index in [0.717, 1.165) is 38.5 Å². The number of carbonyl (C=O) groups excluding carboxylic acids is 2. The highest BCUT2D eigenvalue weighted by Gasteiger charge is 2.62. The summed E-state index contributed by atoms with van der Waals surface area (Å²) in [5.74, 6) is 0.904. The Kier molecular flexibility index (Phi) is 4.21. The van der Waals surface area contributed by atoms with Gasteiger partial charge >= 0.3 is 5.97 Å². The fraction of sp³-hybridized carbons (Fsp3) is 0.810. The molecule has 0 unspecified atom stereocenters. The van der Waals surface area contributed by atoms with Crippen molar-refractivity contribution in [3.05, 3.63) is 12.7 Å². The smallest absolute Gasteiger partial charge is 0.311 e. The van der Waals surface area contributed by atoms with Crippen molar-refractivity contribution in [3.8, 4) is 0 Å². The zero-order chi connectivity index (χ0) is 17.8. The summed E-state index contributed by atoms with van der Waals surface area (Å²) in [5.41, 5.74) is -0.357. The Balaban J connectivity index is 1.97.